The minimum Gasteiger partial charge on any atom is -0.497 e. The molecule has 27 heavy (non-hydrogen) atoms. The maximum Gasteiger partial charge on any atom is 0.255 e. The fraction of sp³-hybridized carbons (Fsp3) is 0.300. The van der Waals surface area contributed by atoms with Crippen molar-refractivity contribution in [2.24, 2.45) is 5.92 Å². The van der Waals surface area contributed by atoms with Crippen LogP contribution < -0.4 is 19.7 Å². The van der Waals surface area contributed by atoms with Gasteiger partial charge in [0, 0.05) is 42.2 Å². The number of halogens is 1. The first kappa shape index (κ1) is 19.0. The molecule has 1 heterocycles. The third-order valence-corrected chi connectivity index (χ3v) is 4.80. The Morgan fingerprint density at radius 2 is 1.93 bits per heavy atom. The quantitative estimate of drug-likeness (QED) is 0.825. The van der Waals surface area contributed by atoms with E-state index in [2.05, 4.69) is 5.32 Å². The van der Waals surface area contributed by atoms with Crippen molar-refractivity contribution < 1.29 is 19.1 Å². The standard InChI is InChI=1S/C20H21ClN2O4/c1-26-16-7-8-17(18(10-16)27-2)20(25)22-11-13-9-19(24)23(12-13)15-5-3-14(21)4-6-15/h3-8,10,13H,9,11-12H2,1-2H3,(H,22,25). The number of carbonyl (C=O) groups is 2. The van der Waals surface area contributed by atoms with Gasteiger partial charge in [-0.3, -0.25) is 9.59 Å². The molecular weight excluding hydrogens is 368 g/mol. The summed E-state index contributed by atoms with van der Waals surface area (Å²) in [4.78, 5) is 26.5. The van der Waals surface area contributed by atoms with Crippen LogP contribution in [0.4, 0.5) is 5.69 Å². The average molecular weight is 389 g/mol. The van der Waals surface area contributed by atoms with Gasteiger partial charge in [0.2, 0.25) is 5.91 Å². The van der Waals surface area contributed by atoms with Gasteiger partial charge in [-0.05, 0) is 36.4 Å². The monoisotopic (exact) mass is 388 g/mol. The Kier molecular flexibility index (Phi) is 5.86. The molecule has 1 atom stereocenters. The fourth-order valence-corrected chi connectivity index (χ4v) is 3.23. The summed E-state index contributed by atoms with van der Waals surface area (Å²) in [6, 6.07) is 12.2. The van der Waals surface area contributed by atoms with Gasteiger partial charge in [0.25, 0.3) is 5.91 Å². The predicted octanol–water partition coefficient (Wildman–Crippen LogP) is 3.14. The smallest absolute Gasteiger partial charge is 0.255 e. The van der Waals surface area contributed by atoms with Crippen LogP contribution in [-0.2, 0) is 4.79 Å². The van der Waals surface area contributed by atoms with E-state index in [0.717, 1.165) is 5.69 Å². The number of hydrogen-bond donors (Lipinski definition) is 1. The molecule has 2 aromatic rings. The first-order valence-electron chi connectivity index (χ1n) is 8.58. The topological polar surface area (TPSA) is 67.9 Å². The van der Waals surface area contributed by atoms with E-state index in [4.69, 9.17) is 21.1 Å². The van der Waals surface area contributed by atoms with Crippen LogP contribution in [0.3, 0.4) is 0 Å². The number of carbonyl (C=O) groups excluding carboxylic acids is 2. The maximum atomic E-state index is 12.5. The second kappa shape index (κ2) is 8.31. The molecule has 142 valence electrons. The molecule has 1 aliphatic rings. The van der Waals surface area contributed by atoms with E-state index in [-0.39, 0.29) is 17.7 Å². The molecule has 3 rings (SSSR count). The third-order valence-electron chi connectivity index (χ3n) is 4.55. The van der Waals surface area contributed by atoms with Crippen LogP contribution in [0.15, 0.2) is 42.5 Å². The van der Waals surface area contributed by atoms with Crippen LogP contribution in [0, 0.1) is 5.92 Å². The lowest BCUT2D eigenvalue weighted by Gasteiger charge is -2.17. The molecule has 0 saturated carbocycles. The molecule has 2 amide bonds. The summed E-state index contributed by atoms with van der Waals surface area (Å²) in [5.74, 6) is 0.896. The molecule has 1 unspecified atom stereocenters. The maximum absolute atomic E-state index is 12.5. The van der Waals surface area contributed by atoms with Gasteiger partial charge >= 0.3 is 0 Å². The highest BCUT2D eigenvalue weighted by Gasteiger charge is 2.31. The fourth-order valence-electron chi connectivity index (χ4n) is 3.11. The summed E-state index contributed by atoms with van der Waals surface area (Å²) in [7, 11) is 3.06. The molecule has 0 radical (unpaired) electrons. The molecule has 0 aromatic heterocycles. The van der Waals surface area contributed by atoms with Crippen molar-refractivity contribution in [2.45, 2.75) is 6.42 Å². The number of anilines is 1. The van der Waals surface area contributed by atoms with Gasteiger partial charge in [0.05, 0.1) is 19.8 Å². The van der Waals surface area contributed by atoms with Crippen molar-refractivity contribution in [3.05, 3.63) is 53.1 Å². The number of nitrogens with zero attached hydrogens (tertiary/aromatic N) is 1. The molecule has 7 heteroatoms. The molecule has 2 aromatic carbocycles. The summed E-state index contributed by atoms with van der Waals surface area (Å²) in [5.41, 5.74) is 1.24. The molecule has 1 fully saturated rings. The van der Waals surface area contributed by atoms with E-state index in [1.165, 1.54) is 7.11 Å². The van der Waals surface area contributed by atoms with E-state index >= 15 is 0 Å². The first-order valence-corrected chi connectivity index (χ1v) is 8.95. The van der Waals surface area contributed by atoms with E-state index in [0.29, 0.717) is 41.6 Å². The molecule has 0 bridgehead atoms. The van der Waals surface area contributed by atoms with E-state index in [1.54, 1.807) is 42.3 Å². The van der Waals surface area contributed by atoms with Crippen molar-refractivity contribution in [2.75, 3.05) is 32.2 Å². The van der Waals surface area contributed by atoms with Crippen molar-refractivity contribution in [1.29, 1.82) is 0 Å². The molecule has 1 saturated heterocycles. The van der Waals surface area contributed by atoms with Crippen LogP contribution in [-0.4, -0.2) is 39.1 Å². The highest BCUT2D eigenvalue weighted by Crippen LogP contribution is 2.27. The minimum absolute atomic E-state index is 0.0404. The van der Waals surface area contributed by atoms with Gasteiger partial charge in [-0.15, -0.1) is 0 Å². The Morgan fingerprint density at radius 3 is 2.59 bits per heavy atom. The average Bonchev–Trinajstić information content (AvgIpc) is 3.06. The lowest BCUT2D eigenvalue weighted by Crippen LogP contribution is -2.31. The Balaban J connectivity index is 1.61. The summed E-state index contributed by atoms with van der Waals surface area (Å²) >= 11 is 5.90. The molecule has 1 N–H and O–H groups in total. The van der Waals surface area contributed by atoms with Crippen LogP contribution in [0.2, 0.25) is 5.02 Å². The van der Waals surface area contributed by atoms with E-state index in [1.807, 2.05) is 12.1 Å². The molecule has 0 spiro atoms. The Hall–Kier alpha value is -2.73. The number of nitrogens with one attached hydrogen (secondary N) is 1. The minimum atomic E-state index is -0.244. The highest BCUT2D eigenvalue weighted by molar-refractivity contribution is 6.30. The largest absolute Gasteiger partial charge is 0.497 e. The van der Waals surface area contributed by atoms with E-state index in [9.17, 15) is 9.59 Å². The second-order valence-electron chi connectivity index (χ2n) is 6.33. The lowest BCUT2D eigenvalue weighted by molar-refractivity contribution is -0.117. The Morgan fingerprint density at radius 1 is 1.19 bits per heavy atom. The summed E-state index contributed by atoms with van der Waals surface area (Å²) in [6.07, 6.45) is 0.392. The van der Waals surface area contributed by atoms with Crippen molar-refractivity contribution >= 4 is 29.1 Å². The highest BCUT2D eigenvalue weighted by atomic mass is 35.5. The zero-order chi connectivity index (χ0) is 19.4. The van der Waals surface area contributed by atoms with Crippen molar-refractivity contribution in [1.82, 2.24) is 5.32 Å². The van der Waals surface area contributed by atoms with Crippen molar-refractivity contribution in [3.8, 4) is 11.5 Å². The predicted molar refractivity (Wildman–Crippen MR) is 104 cm³/mol. The van der Waals surface area contributed by atoms with Gasteiger partial charge in [-0.2, -0.15) is 0 Å². The van der Waals surface area contributed by atoms with E-state index < -0.39 is 0 Å². The summed E-state index contributed by atoms with van der Waals surface area (Å²) in [6.45, 7) is 0.963. The van der Waals surface area contributed by atoms with Crippen LogP contribution in [0.5, 0.6) is 11.5 Å². The molecule has 1 aliphatic heterocycles. The van der Waals surface area contributed by atoms with Gasteiger partial charge in [-0.25, -0.2) is 0 Å². The Labute approximate surface area is 163 Å². The van der Waals surface area contributed by atoms with Crippen LogP contribution in [0.25, 0.3) is 0 Å². The normalized spacial score (nSPS) is 16.3. The zero-order valence-electron chi connectivity index (χ0n) is 15.2. The lowest BCUT2D eigenvalue weighted by atomic mass is 10.1. The van der Waals surface area contributed by atoms with Crippen LogP contribution >= 0.6 is 11.6 Å². The number of rotatable bonds is 6. The number of ether oxygens (including phenoxy) is 2. The molecule has 6 nitrogen and oxygen atoms in total. The first-order chi connectivity index (χ1) is 13.0. The van der Waals surface area contributed by atoms with Gasteiger partial charge < -0.3 is 19.7 Å². The van der Waals surface area contributed by atoms with Gasteiger partial charge in [0.15, 0.2) is 0 Å². The van der Waals surface area contributed by atoms with Gasteiger partial charge in [-0.1, -0.05) is 11.6 Å². The summed E-state index contributed by atoms with van der Waals surface area (Å²) in [5, 5.41) is 3.52. The number of amides is 2. The number of methoxy groups -OCH3 is 2. The summed E-state index contributed by atoms with van der Waals surface area (Å²) < 4.78 is 10.4. The number of hydrogen-bond acceptors (Lipinski definition) is 4. The van der Waals surface area contributed by atoms with Gasteiger partial charge in [0.1, 0.15) is 11.5 Å². The molecule has 0 aliphatic carbocycles. The Bertz CT molecular complexity index is 838. The number of benzene rings is 2. The van der Waals surface area contributed by atoms with Crippen molar-refractivity contribution in [3.63, 3.8) is 0 Å². The SMILES string of the molecule is COc1ccc(C(=O)NCC2CC(=O)N(c3ccc(Cl)cc3)C2)c(OC)c1. The van der Waals surface area contributed by atoms with Crippen LogP contribution in [0.1, 0.15) is 16.8 Å². The zero-order valence-corrected chi connectivity index (χ0v) is 16.0. The second-order valence-corrected chi connectivity index (χ2v) is 6.76. The molecular formula is C20H21ClN2O4. The third kappa shape index (κ3) is 4.34.